The van der Waals surface area contributed by atoms with E-state index in [1.807, 2.05) is 0 Å². The lowest BCUT2D eigenvalue weighted by Crippen LogP contribution is -2.29. The van der Waals surface area contributed by atoms with Crippen LogP contribution in [0.4, 0.5) is 4.79 Å². The van der Waals surface area contributed by atoms with E-state index in [0.29, 0.717) is 0 Å². The van der Waals surface area contributed by atoms with Crippen LogP contribution < -0.4 is 5.73 Å². The van der Waals surface area contributed by atoms with Gasteiger partial charge in [-0.05, 0) is 31.6 Å². The van der Waals surface area contributed by atoms with E-state index in [2.05, 4.69) is 12.0 Å². The van der Waals surface area contributed by atoms with Crippen molar-refractivity contribution in [3.63, 3.8) is 0 Å². The number of urea groups is 1. The third-order valence-electron chi connectivity index (χ3n) is 2.46. The number of hydrogen-bond acceptors (Lipinski definition) is 2. The number of rotatable bonds is 1. The van der Waals surface area contributed by atoms with Gasteiger partial charge in [0.2, 0.25) is 0 Å². The van der Waals surface area contributed by atoms with Crippen LogP contribution in [-0.4, -0.2) is 23.8 Å². The van der Waals surface area contributed by atoms with E-state index in [1.165, 1.54) is 17.9 Å². The van der Waals surface area contributed by atoms with Crippen LogP contribution in [0.2, 0.25) is 0 Å². The van der Waals surface area contributed by atoms with Crippen LogP contribution in [0.3, 0.4) is 0 Å². The Labute approximate surface area is 78.8 Å². The minimum atomic E-state index is -0.494. The first-order valence-corrected chi connectivity index (χ1v) is 4.69. The Morgan fingerprint density at radius 1 is 1.54 bits per heavy atom. The van der Waals surface area contributed by atoms with E-state index in [-0.39, 0.29) is 0 Å². The lowest BCUT2D eigenvalue weighted by molar-refractivity contribution is 0.220. The average molecular weight is 183 g/mol. The van der Waals surface area contributed by atoms with Crippen LogP contribution in [-0.2, 0) is 0 Å². The Morgan fingerprint density at radius 3 is 2.54 bits per heavy atom. The molecular weight excluding hydrogens is 166 g/mol. The number of nitrogens with zero attached hydrogens (tertiary/aromatic N) is 2. The van der Waals surface area contributed by atoms with Crippen molar-refractivity contribution >= 4 is 11.7 Å². The van der Waals surface area contributed by atoms with E-state index in [0.717, 1.165) is 24.5 Å². The van der Waals surface area contributed by atoms with Crippen LogP contribution in [0.5, 0.6) is 0 Å². The average Bonchev–Trinajstić information content (AvgIpc) is 2.08. The molecule has 0 spiro atoms. The Bertz CT molecular complexity index is 215. The van der Waals surface area contributed by atoms with Gasteiger partial charge in [-0.1, -0.05) is 6.92 Å². The molecule has 0 radical (unpaired) electrons. The zero-order chi connectivity index (χ0) is 9.84. The van der Waals surface area contributed by atoms with E-state index >= 15 is 0 Å². The standard InChI is InChI=1S/C9H17N3O/c1-7-3-5-8(6-4-7)11-12(2)9(10)13/h7H,3-6H2,1-2H3,(H2,10,13). The summed E-state index contributed by atoms with van der Waals surface area (Å²) in [5.74, 6) is 0.790. The molecule has 13 heavy (non-hydrogen) atoms. The molecule has 0 aromatic carbocycles. The van der Waals surface area contributed by atoms with Gasteiger partial charge in [-0.15, -0.1) is 0 Å². The second-order valence-electron chi connectivity index (χ2n) is 3.71. The summed E-state index contributed by atoms with van der Waals surface area (Å²) in [4.78, 5) is 10.7. The summed E-state index contributed by atoms with van der Waals surface area (Å²) in [6.07, 6.45) is 4.34. The molecule has 0 atom stereocenters. The molecular formula is C9H17N3O. The number of carbonyl (C=O) groups is 1. The first-order chi connectivity index (χ1) is 6.09. The van der Waals surface area contributed by atoms with Crippen molar-refractivity contribution in [2.45, 2.75) is 32.6 Å². The zero-order valence-electron chi connectivity index (χ0n) is 8.29. The molecule has 1 rings (SSSR count). The second-order valence-corrected chi connectivity index (χ2v) is 3.71. The predicted octanol–water partition coefficient (Wildman–Crippen LogP) is 1.56. The van der Waals surface area contributed by atoms with Crippen molar-refractivity contribution in [3.05, 3.63) is 0 Å². The molecule has 1 aliphatic carbocycles. The number of amides is 2. The largest absolute Gasteiger partial charge is 0.350 e. The lowest BCUT2D eigenvalue weighted by atomic mass is 9.90. The highest BCUT2D eigenvalue weighted by molar-refractivity contribution is 5.86. The number of hydrazone groups is 1. The fourth-order valence-electron chi connectivity index (χ4n) is 1.46. The van der Waals surface area contributed by atoms with Gasteiger partial charge in [0.15, 0.2) is 0 Å². The van der Waals surface area contributed by atoms with Crippen LogP contribution in [0.15, 0.2) is 5.10 Å². The topological polar surface area (TPSA) is 58.7 Å². The summed E-state index contributed by atoms with van der Waals surface area (Å²) in [6, 6.07) is -0.494. The summed E-state index contributed by atoms with van der Waals surface area (Å²) in [5.41, 5.74) is 6.16. The molecule has 1 saturated carbocycles. The van der Waals surface area contributed by atoms with Gasteiger partial charge in [0, 0.05) is 12.8 Å². The van der Waals surface area contributed by atoms with Gasteiger partial charge in [-0.25, -0.2) is 9.80 Å². The Morgan fingerprint density at radius 2 is 2.08 bits per heavy atom. The molecule has 0 aliphatic heterocycles. The van der Waals surface area contributed by atoms with Crippen molar-refractivity contribution in [1.29, 1.82) is 0 Å². The maximum absolute atomic E-state index is 10.7. The molecule has 0 aromatic heterocycles. The minimum Gasteiger partial charge on any atom is -0.350 e. The van der Waals surface area contributed by atoms with E-state index < -0.39 is 6.03 Å². The van der Waals surface area contributed by atoms with Gasteiger partial charge in [-0.3, -0.25) is 0 Å². The number of hydrogen-bond donors (Lipinski definition) is 1. The van der Waals surface area contributed by atoms with Crippen molar-refractivity contribution in [1.82, 2.24) is 5.01 Å². The predicted molar refractivity (Wildman–Crippen MR) is 52.4 cm³/mol. The fourth-order valence-corrected chi connectivity index (χ4v) is 1.46. The van der Waals surface area contributed by atoms with Crippen LogP contribution in [0, 0.1) is 5.92 Å². The maximum atomic E-state index is 10.7. The zero-order valence-corrected chi connectivity index (χ0v) is 8.29. The van der Waals surface area contributed by atoms with E-state index in [9.17, 15) is 4.79 Å². The van der Waals surface area contributed by atoms with Crippen molar-refractivity contribution < 1.29 is 4.79 Å². The molecule has 74 valence electrons. The Balaban J connectivity index is 2.48. The van der Waals surface area contributed by atoms with E-state index in [4.69, 9.17) is 5.73 Å². The van der Waals surface area contributed by atoms with Crippen molar-refractivity contribution in [3.8, 4) is 0 Å². The molecule has 0 saturated heterocycles. The maximum Gasteiger partial charge on any atom is 0.334 e. The highest BCUT2D eigenvalue weighted by atomic mass is 16.2. The minimum absolute atomic E-state index is 0.494. The summed E-state index contributed by atoms with van der Waals surface area (Å²) in [6.45, 7) is 2.24. The van der Waals surface area contributed by atoms with Gasteiger partial charge < -0.3 is 5.73 Å². The highest BCUT2D eigenvalue weighted by Gasteiger charge is 2.14. The summed E-state index contributed by atoms with van der Waals surface area (Å²) >= 11 is 0. The van der Waals surface area contributed by atoms with Crippen LogP contribution in [0.25, 0.3) is 0 Å². The number of nitrogens with two attached hydrogens (primary N) is 1. The molecule has 4 heteroatoms. The normalized spacial score (nSPS) is 22.6. The third-order valence-corrected chi connectivity index (χ3v) is 2.46. The molecule has 2 N–H and O–H groups in total. The molecule has 1 fully saturated rings. The molecule has 4 nitrogen and oxygen atoms in total. The third kappa shape index (κ3) is 3.05. The van der Waals surface area contributed by atoms with Crippen molar-refractivity contribution in [2.24, 2.45) is 16.8 Å². The summed E-state index contributed by atoms with van der Waals surface area (Å²) < 4.78 is 0. The van der Waals surface area contributed by atoms with Crippen LogP contribution >= 0.6 is 0 Å². The molecule has 0 aromatic rings. The molecule has 0 unspecified atom stereocenters. The molecule has 2 amide bonds. The van der Waals surface area contributed by atoms with E-state index in [1.54, 1.807) is 7.05 Å². The lowest BCUT2D eigenvalue weighted by Gasteiger charge is -2.20. The highest BCUT2D eigenvalue weighted by Crippen LogP contribution is 2.21. The molecule has 1 aliphatic rings. The summed E-state index contributed by atoms with van der Waals surface area (Å²) in [7, 11) is 1.59. The smallest absolute Gasteiger partial charge is 0.334 e. The Kier molecular flexibility index (Phi) is 3.28. The molecule has 0 heterocycles. The Hall–Kier alpha value is -1.06. The fraction of sp³-hybridized carbons (Fsp3) is 0.778. The van der Waals surface area contributed by atoms with Gasteiger partial charge in [0.25, 0.3) is 0 Å². The van der Waals surface area contributed by atoms with Gasteiger partial charge in [0.05, 0.1) is 0 Å². The van der Waals surface area contributed by atoms with Crippen LogP contribution in [0.1, 0.15) is 32.6 Å². The van der Waals surface area contributed by atoms with Crippen molar-refractivity contribution in [2.75, 3.05) is 7.05 Å². The number of carbonyl (C=O) groups excluding carboxylic acids is 1. The number of primary amides is 1. The quantitative estimate of drug-likeness (QED) is 0.616. The second kappa shape index (κ2) is 4.25. The monoisotopic (exact) mass is 183 g/mol. The van der Waals surface area contributed by atoms with Gasteiger partial charge >= 0.3 is 6.03 Å². The summed E-state index contributed by atoms with van der Waals surface area (Å²) in [5, 5.41) is 5.36. The van der Waals surface area contributed by atoms with Gasteiger partial charge in [-0.2, -0.15) is 5.10 Å². The molecule has 0 bridgehead atoms. The first kappa shape index (κ1) is 10.0. The SMILES string of the molecule is CC1CCC(=NN(C)C(N)=O)CC1. The first-order valence-electron chi connectivity index (χ1n) is 4.69. The van der Waals surface area contributed by atoms with Gasteiger partial charge in [0.1, 0.15) is 0 Å².